The Morgan fingerprint density at radius 3 is 2.24 bits per heavy atom. The zero-order chi connectivity index (χ0) is 19.4. The summed E-state index contributed by atoms with van der Waals surface area (Å²) in [6, 6.07) is 30.6. The first-order chi connectivity index (χ1) is 14.3. The average molecular weight is 392 g/mol. The van der Waals surface area contributed by atoms with E-state index in [2.05, 4.69) is 48.5 Å². The fourth-order valence-electron chi connectivity index (χ4n) is 4.10. The number of furan rings is 1. The highest BCUT2D eigenvalue weighted by Gasteiger charge is 2.19. The SMILES string of the molecule is Oc1cc(-c2sc3ccccc3c2-c2ccccc2)cc2oc3ccccc3c12. The molecule has 1 N–H and O–H groups in total. The van der Waals surface area contributed by atoms with Gasteiger partial charge in [-0.25, -0.2) is 0 Å². The van der Waals surface area contributed by atoms with Crippen LogP contribution in [0.1, 0.15) is 0 Å². The maximum atomic E-state index is 10.9. The van der Waals surface area contributed by atoms with Gasteiger partial charge in [0.1, 0.15) is 16.9 Å². The largest absolute Gasteiger partial charge is 0.507 e. The summed E-state index contributed by atoms with van der Waals surface area (Å²) >= 11 is 1.74. The summed E-state index contributed by atoms with van der Waals surface area (Å²) in [7, 11) is 0. The van der Waals surface area contributed by atoms with Crippen molar-refractivity contribution in [2.45, 2.75) is 0 Å². The molecule has 0 bridgehead atoms. The normalized spacial score (nSPS) is 11.6. The molecule has 2 aromatic heterocycles. The Hall–Kier alpha value is -3.56. The number of para-hydroxylation sites is 1. The van der Waals surface area contributed by atoms with E-state index in [-0.39, 0.29) is 5.75 Å². The Labute approximate surface area is 171 Å². The molecule has 0 saturated carbocycles. The first-order valence-electron chi connectivity index (χ1n) is 9.51. The van der Waals surface area contributed by atoms with Gasteiger partial charge in [-0.3, -0.25) is 0 Å². The predicted octanol–water partition coefficient (Wildman–Crippen LogP) is 7.84. The second-order valence-corrected chi connectivity index (χ2v) is 8.19. The number of aromatic hydroxyl groups is 1. The molecule has 0 aliphatic carbocycles. The van der Waals surface area contributed by atoms with E-state index in [0.29, 0.717) is 5.58 Å². The van der Waals surface area contributed by atoms with Crippen molar-refractivity contribution in [3.63, 3.8) is 0 Å². The highest BCUT2D eigenvalue weighted by Crippen LogP contribution is 2.47. The van der Waals surface area contributed by atoms with Crippen molar-refractivity contribution in [3.05, 3.63) is 91.0 Å². The molecule has 0 amide bonds. The molecule has 6 rings (SSSR count). The maximum absolute atomic E-state index is 10.9. The van der Waals surface area contributed by atoms with E-state index in [0.717, 1.165) is 26.8 Å². The van der Waals surface area contributed by atoms with Crippen LogP contribution in [0.4, 0.5) is 0 Å². The number of rotatable bonds is 2. The number of hydrogen-bond donors (Lipinski definition) is 1. The van der Waals surface area contributed by atoms with E-state index in [4.69, 9.17) is 4.42 Å². The van der Waals surface area contributed by atoms with E-state index in [1.807, 2.05) is 42.5 Å². The third-order valence-corrected chi connectivity index (χ3v) is 6.60. The van der Waals surface area contributed by atoms with E-state index >= 15 is 0 Å². The molecule has 138 valence electrons. The smallest absolute Gasteiger partial charge is 0.139 e. The Kier molecular flexibility index (Phi) is 3.52. The van der Waals surface area contributed by atoms with Gasteiger partial charge in [0.15, 0.2) is 0 Å². The molecule has 4 aromatic carbocycles. The van der Waals surface area contributed by atoms with Crippen LogP contribution in [0.15, 0.2) is 95.4 Å². The third kappa shape index (κ3) is 2.48. The summed E-state index contributed by atoms with van der Waals surface area (Å²) in [4.78, 5) is 1.13. The number of benzene rings is 4. The van der Waals surface area contributed by atoms with Crippen molar-refractivity contribution in [2.75, 3.05) is 0 Å². The van der Waals surface area contributed by atoms with Gasteiger partial charge < -0.3 is 9.52 Å². The Balaban J connectivity index is 1.68. The Morgan fingerprint density at radius 2 is 1.38 bits per heavy atom. The quantitative estimate of drug-likeness (QED) is 0.325. The molecule has 0 aliphatic rings. The zero-order valence-electron chi connectivity index (χ0n) is 15.4. The van der Waals surface area contributed by atoms with Crippen LogP contribution in [0.2, 0.25) is 0 Å². The minimum absolute atomic E-state index is 0.249. The molecule has 29 heavy (non-hydrogen) atoms. The second kappa shape index (κ2) is 6.23. The molecule has 6 aromatic rings. The van der Waals surface area contributed by atoms with Crippen molar-refractivity contribution in [2.24, 2.45) is 0 Å². The Morgan fingerprint density at radius 1 is 0.655 bits per heavy atom. The summed E-state index contributed by atoms with van der Waals surface area (Å²) in [5.41, 5.74) is 4.83. The Bertz CT molecular complexity index is 1510. The fourth-order valence-corrected chi connectivity index (χ4v) is 5.32. The van der Waals surface area contributed by atoms with Crippen molar-refractivity contribution in [1.82, 2.24) is 0 Å². The molecule has 2 nitrogen and oxygen atoms in total. The van der Waals surface area contributed by atoms with Crippen molar-refractivity contribution in [1.29, 1.82) is 0 Å². The summed E-state index contributed by atoms with van der Waals surface area (Å²) < 4.78 is 7.29. The molecule has 0 saturated heterocycles. The van der Waals surface area contributed by atoms with Crippen LogP contribution in [0, 0.1) is 0 Å². The van der Waals surface area contributed by atoms with Gasteiger partial charge in [0.25, 0.3) is 0 Å². The van der Waals surface area contributed by atoms with Crippen molar-refractivity contribution < 1.29 is 9.52 Å². The molecular weight excluding hydrogens is 376 g/mol. The van der Waals surface area contributed by atoms with Crippen LogP contribution < -0.4 is 0 Å². The van der Waals surface area contributed by atoms with Gasteiger partial charge in [0, 0.05) is 25.9 Å². The number of phenols is 1. The number of fused-ring (bicyclic) bond motifs is 4. The van der Waals surface area contributed by atoms with Gasteiger partial charge in [-0.15, -0.1) is 11.3 Å². The minimum atomic E-state index is 0.249. The molecule has 0 atom stereocenters. The van der Waals surface area contributed by atoms with Gasteiger partial charge >= 0.3 is 0 Å². The second-order valence-electron chi connectivity index (χ2n) is 7.14. The molecule has 0 fully saturated rings. The highest BCUT2D eigenvalue weighted by molar-refractivity contribution is 7.23. The first-order valence-corrected chi connectivity index (χ1v) is 10.3. The number of thiophene rings is 1. The molecule has 0 unspecified atom stereocenters. The minimum Gasteiger partial charge on any atom is -0.507 e. The van der Waals surface area contributed by atoms with E-state index in [9.17, 15) is 5.11 Å². The highest BCUT2D eigenvalue weighted by atomic mass is 32.1. The molecule has 0 radical (unpaired) electrons. The lowest BCUT2D eigenvalue weighted by Crippen LogP contribution is -1.81. The maximum Gasteiger partial charge on any atom is 0.139 e. The van der Waals surface area contributed by atoms with E-state index in [1.165, 1.54) is 21.2 Å². The van der Waals surface area contributed by atoms with Crippen LogP contribution in [-0.4, -0.2) is 5.11 Å². The van der Waals surface area contributed by atoms with Crippen LogP contribution in [0.3, 0.4) is 0 Å². The molecular formula is C26H16O2S. The van der Waals surface area contributed by atoms with Crippen LogP contribution in [-0.2, 0) is 0 Å². The third-order valence-electron chi connectivity index (χ3n) is 5.38. The lowest BCUT2D eigenvalue weighted by molar-refractivity contribution is 0.482. The first kappa shape index (κ1) is 16.4. The number of hydrogen-bond acceptors (Lipinski definition) is 3. The molecule has 2 heterocycles. The molecule has 0 aliphatic heterocycles. The van der Waals surface area contributed by atoms with Gasteiger partial charge in [-0.05, 0) is 35.4 Å². The average Bonchev–Trinajstić information content (AvgIpc) is 3.33. The number of phenolic OH excluding ortho intramolecular Hbond substituents is 1. The van der Waals surface area contributed by atoms with Crippen molar-refractivity contribution >= 4 is 43.4 Å². The van der Waals surface area contributed by atoms with E-state index < -0.39 is 0 Å². The van der Waals surface area contributed by atoms with Crippen molar-refractivity contribution in [3.8, 4) is 27.3 Å². The van der Waals surface area contributed by atoms with Gasteiger partial charge in [-0.1, -0.05) is 66.7 Å². The lowest BCUT2D eigenvalue weighted by atomic mass is 9.98. The summed E-state index contributed by atoms with van der Waals surface area (Å²) in [5, 5.41) is 13.8. The molecule has 3 heteroatoms. The van der Waals surface area contributed by atoms with E-state index in [1.54, 1.807) is 11.3 Å². The van der Waals surface area contributed by atoms with Gasteiger partial charge in [0.2, 0.25) is 0 Å². The van der Waals surface area contributed by atoms with Crippen LogP contribution in [0.25, 0.3) is 53.6 Å². The zero-order valence-corrected chi connectivity index (χ0v) is 16.2. The predicted molar refractivity (Wildman–Crippen MR) is 122 cm³/mol. The van der Waals surface area contributed by atoms with Gasteiger partial charge in [-0.2, -0.15) is 0 Å². The standard InChI is InChI=1S/C26H16O2S/c27-20-14-17(15-22-25(20)18-10-4-6-12-21(18)28-22)26-24(16-8-2-1-3-9-16)19-11-5-7-13-23(19)29-26/h1-15,27H. The lowest BCUT2D eigenvalue weighted by Gasteiger charge is -2.07. The topological polar surface area (TPSA) is 33.4 Å². The van der Waals surface area contributed by atoms with Crippen LogP contribution in [0.5, 0.6) is 5.75 Å². The van der Waals surface area contributed by atoms with Crippen LogP contribution >= 0.6 is 11.3 Å². The fraction of sp³-hybridized carbons (Fsp3) is 0. The summed E-state index contributed by atoms with van der Waals surface area (Å²) in [5.74, 6) is 0.249. The van der Waals surface area contributed by atoms with Gasteiger partial charge in [0.05, 0.1) is 5.39 Å². The summed E-state index contributed by atoms with van der Waals surface area (Å²) in [6.45, 7) is 0. The monoisotopic (exact) mass is 392 g/mol. The summed E-state index contributed by atoms with van der Waals surface area (Å²) in [6.07, 6.45) is 0. The molecule has 0 spiro atoms.